The molecule has 0 aromatic heterocycles. The van der Waals surface area contributed by atoms with E-state index >= 15 is 0 Å². The van der Waals surface area contributed by atoms with Crippen molar-refractivity contribution in [2.45, 2.75) is 6.92 Å². The van der Waals surface area contributed by atoms with Crippen LogP contribution in [0.25, 0.3) is 0 Å². The molecule has 0 rings (SSSR count). The molecule has 0 aliphatic carbocycles. The lowest BCUT2D eigenvalue weighted by atomic mass is 10.9. The maximum absolute atomic E-state index is 10.2. The van der Waals surface area contributed by atoms with Crippen LogP contribution in [0, 0.1) is 0 Å². The van der Waals surface area contributed by atoms with Gasteiger partial charge in [0.05, 0.1) is 0 Å². The van der Waals surface area contributed by atoms with E-state index in [-0.39, 0.29) is 0 Å². The SMILES string of the molecule is COP(=O)([O-])C(C)=O. The van der Waals surface area contributed by atoms with Gasteiger partial charge in [0.1, 0.15) is 0 Å². The first-order chi connectivity index (χ1) is 3.50. The molecule has 8 heavy (non-hydrogen) atoms. The van der Waals surface area contributed by atoms with Gasteiger partial charge in [0.15, 0.2) is 7.60 Å². The largest absolute Gasteiger partial charge is 0.773 e. The Morgan fingerprint density at radius 2 is 2.12 bits per heavy atom. The molecule has 0 aromatic rings. The quantitative estimate of drug-likeness (QED) is 0.491. The molecule has 0 aliphatic rings. The molecule has 1 atom stereocenters. The molecule has 0 heterocycles. The van der Waals surface area contributed by atoms with Gasteiger partial charge in [-0.05, 0) is 0 Å². The minimum Gasteiger partial charge on any atom is -0.773 e. The van der Waals surface area contributed by atoms with Crippen LogP contribution in [0.1, 0.15) is 6.92 Å². The van der Waals surface area contributed by atoms with Crippen LogP contribution in [0.2, 0.25) is 0 Å². The zero-order valence-corrected chi connectivity index (χ0v) is 5.47. The van der Waals surface area contributed by atoms with E-state index in [1.165, 1.54) is 0 Å². The van der Waals surface area contributed by atoms with Gasteiger partial charge in [-0.15, -0.1) is 0 Å². The van der Waals surface area contributed by atoms with Crippen molar-refractivity contribution < 1.29 is 18.8 Å². The molecule has 0 amide bonds. The zero-order valence-electron chi connectivity index (χ0n) is 4.58. The number of hydrogen-bond acceptors (Lipinski definition) is 4. The van der Waals surface area contributed by atoms with Gasteiger partial charge in [-0.1, -0.05) is 0 Å². The second kappa shape index (κ2) is 2.40. The molecule has 0 bridgehead atoms. The molecular formula is C3H6O4P-. The summed E-state index contributed by atoms with van der Waals surface area (Å²) in [5.41, 5.74) is -0.944. The maximum Gasteiger partial charge on any atom is 0.200 e. The summed E-state index contributed by atoms with van der Waals surface area (Å²) >= 11 is 0. The predicted octanol–water partition coefficient (Wildman–Crippen LogP) is -0.267. The number of rotatable bonds is 2. The lowest BCUT2D eigenvalue weighted by molar-refractivity contribution is -0.198. The first-order valence-corrected chi connectivity index (χ1v) is 3.43. The summed E-state index contributed by atoms with van der Waals surface area (Å²) in [4.78, 5) is 20.2. The second-order valence-electron chi connectivity index (χ2n) is 1.20. The van der Waals surface area contributed by atoms with Crippen LogP contribution in [0.15, 0.2) is 0 Å². The Balaban J connectivity index is 4.15. The van der Waals surface area contributed by atoms with Crippen LogP contribution >= 0.6 is 7.60 Å². The highest BCUT2D eigenvalue weighted by atomic mass is 31.2. The van der Waals surface area contributed by atoms with Crippen molar-refractivity contribution in [1.82, 2.24) is 0 Å². The summed E-state index contributed by atoms with van der Waals surface area (Å²) in [5, 5.41) is 0. The molecule has 48 valence electrons. The topological polar surface area (TPSA) is 66.4 Å². The number of carbonyl (C=O) groups is 1. The van der Waals surface area contributed by atoms with E-state index in [0.717, 1.165) is 14.0 Å². The molecule has 0 N–H and O–H groups in total. The van der Waals surface area contributed by atoms with Gasteiger partial charge < -0.3 is 14.0 Å². The number of carbonyl (C=O) groups excluding carboxylic acids is 1. The molecule has 0 spiro atoms. The summed E-state index contributed by atoms with van der Waals surface area (Å²) in [7, 11) is -3.18. The monoisotopic (exact) mass is 137 g/mol. The fraction of sp³-hybridized carbons (Fsp3) is 0.667. The van der Waals surface area contributed by atoms with Crippen LogP contribution in [0.5, 0.6) is 0 Å². The van der Waals surface area contributed by atoms with E-state index in [1.807, 2.05) is 0 Å². The van der Waals surface area contributed by atoms with E-state index in [2.05, 4.69) is 4.52 Å². The molecule has 0 aliphatic heterocycles. The van der Waals surface area contributed by atoms with Gasteiger partial charge in [-0.2, -0.15) is 0 Å². The highest BCUT2D eigenvalue weighted by molar-refractivity contribution is 7.69. The van der Waals surface area contributed by atoms with Crippen molar-refractivity contribution in [2.75, 3.05) is 7.11 Å². The molecule has 4 nitrogen and oxygen atoms in total. The molecule has 0 fully saturated rings. The fourth-order valence-electron chi connectivity index (χ4n) is 0.129. The second-order valence-corrected chi connectivity index (χ2v) is 3.19. The van der Waals surface area contributed by atoms with Gasteiger partial charge in [0.25, 0.3) is 0 Å². The van der Waals surface area contributed by atoms with Crippen molar-refractivity contribution in [2.24, 2.45) is 0 Å². The highest BCUT2D eigenvalue weighted by Gasteiger charge is 2.10. The minimum absolute atomic E-state index is 0.942. The predicted molar refractivity (Wildman–Crippen MR) is 25.3 cm³/mol. The van der Waals surface area contributed by atoms with E-state index in [1.54, 1.807) is 0 Å². The summed E-state index contributed by atoms with van der Waals surface area (Å²) in [5.74, 6) is 0. The first kappa shape index (κ1) is 7.82. The van der Waals surface area contributed by atoms with E-state index < -0.39 is 13.1 Å². The van der Waals surface area contributed by atoms with Crippen molar-refractivity contribution >= 4 is 13.1 Å². The molecule has 0 aromatic carbocycles. The Hall–Kier alpha value is -0.180. The van der Waals surface area contributed by atoms with Crippen LogP contribution in [0.4, 0.5) is 0 Å². The molecule has 0 radical (unpaired) electrons. The van der Waals surface area contributed by atoms with E-state index in [4.69, 9.17) is 0 Å². The minimum atomic E-state index is -4.13. The van der Waals surface area contributed by atoms with Gasteiger partial charge in [0, 0.05) is 14.0 Å². The van der Waals surface area contributed by atoms with Crippen molar-refractivity contribution in [1.29, 1.82) is 0 Å². The third-order valence-electron chi connectivity index (χ3n) is 0.626. The maximum atomic E-state index is 10.2. The van der Waals surface area contributed by atoms with Gasteiger partial charge in [-0.3, -0.25) is 4.79 Å². The van der Waals surface area contributed by atoms with Crippen LogP contribution in [0.3, 0.4) is 0 Å². The average Bonchev–Trinajstić information content (AvgIpc) is 1.67. The lowest BCUT2D eigenvalue weighted by Gasteiger charge is -2.15. The summed E-state index contributed by atoms with van der Waals surface area (Å²) in [6, 6.07) is 0. The zero-order chi connectivity index (χ0) is 6.78. The summed E-state index contributed by atoms with van der Waals surface area (Å²) < 4.78 is 14.0. The smallest absolute Gasteiger partial charge is 0.200 e. The van der Waals surface area contributed by atoms with Crippen LogP contribution in [-0.4, -0.2) is 12.6 Å². The molecule has 0 saturated heterocycles. The van der Waals surface area contributed by atoms with Crippen LogP contribution in [-0.2, 0) is 13.9 Å². The standard InChI is InChI=1S/C3H7O4P/c1-3(4)8(5,6)7-2/h1-2H3,(H,5,6)/p-1. The molecular weight excluding hydrogens is 131 g/mol. The lowest BCUT2D eigenvalue weighted by Crippen LogP contribution is -2.09. The summed E-state index contributed by atoms with van der Waals surface area (Å²) in [6.07, 6.45) is 0. The van der Waals surface area contributed by atoms with Crippen molar-refractivity contribution in [3.63, 3.8) is 0 Å². The Kier molecular flexibility index (Phi) is 2.34. The Bertz CT molecular complexity index is 140. The van der Waals surface area contributed by atoms with Gasteiger partial charge in [-0.25, -0.2) is 0 Å². The van der Waals surface area contributed by atoms with Crippen molar-refractivity contribution in [3.05, 3.63) is 0 Å². The first-order valence-electron chi connectivity index (χ1n) is 1.88. The Labute approximate surface area is 47.0 Å². The Morgan fingerprint density at radius 3 is 2.12 bits per heavy atom. The normalized spacial score (nSPS) is 17.4. The van der Waals surface area contributed by atoms with Gasteiger partial charge in [0.2, 0.25) is 5.52 Å². The average molecular weight is 137 g/mol. The Morgan fingerprint density at radius 1 is 1.75 bits per heavy atom. The van der Waals surface area contributed by atoms with Crippen molar-refractivity contribution in [3.8, 4) is 0 Å². The molecule has 1 unspecified atom stereocenters. The van der Waals surface area contributed by atoms with E-state index in [0.29, 0.717) is 0 Å². The molecule has 5 heteroatoms. The molecule has 0 saturated carbocycles. The van der Waals surface area contributed by atoms with Gasteiger partial charge >= 0.3 is 0 Å². The third kappa shape index (κ3) is 1.74. The number of hydrogen-bond donors (Lipinski definition) is 0. The highest BCUT2D eigenvalue weighted by Crippen LogP contribution is 2.35. The third-order valence-corrected chi connectivity index (χ3v) is 1.88. The van der Waals surface area contributed by atoms with E-state index in [9.17, 15) is 14.3 Å². The van der Waals surface area contributed by atoms with Crippen LogP contribution < -0.4 is 4.89 Å². The fourth-order valence-corrected chi connectivity index (χ4v) is 0.386. The summed E-state index contributed by atoms with van der Waals surface area (Å²) in [6.45, 7) is 0.942.